The third-order valence-corrected chi connectivity index (χ3v) is 2.95. The zero-order valence-corrected chi connectivity index (χ0v) is 9.67. The lowest BCUT2D eigenvalue weighted by Crippen LogP contribution is -2.58. The summed E-state index contributed by atoms with van der Waals surface area (Å²) in [5.74, 6) is 0. The predicted molar refractivity (Wildman–Crippen MR) is 55.9 cm³/mol. The standard InChI is InChI=1S/C11H21NO2/c1-10(2)6-5-7-11(3,4)12(10)14-9-8-13/h8H,5-7,9H2,1-4H3. The molecule has 0 radical (unpaired) electrons. The van der Waals surface area contributed by atoms with E-state index in [1.807, 2.05) is 5.06 Å². The third kappa shape index (κ3) is 2.34. The third-order valence-electron chi connectivity index (χ3n) is 2.95. The monoisotopic (exact) mass is 199 g/mol. The van der Waals surface area contributed by atoms with Crippen molar-refractivity contribution in [3.8, 4) is 0 Å². The number of hydroxylamine groups is 2. The number of carbonyl (C=O) groups excluding carboxylic acids is 1. The van der Waals surface area contributed by atoms with Gasteiger partial charge in [0.15, 0.2) is 0 Å². The van der Waals surface area contributed by atoms with E-state index in [9.17, 15) is 4.79 Å². The number of rotatable bonds is 3. The average Bonchev–Trinajstić information content (AvgIpc) is 2.01. The van der Waals surface area contributed by atoms with Gasteiger partial charge in [0.2, 0.25) is 0 Å². The largest absolute Gasteiger partial charge is 0.301 e. The van der Waals surface area contributed by atoms with Crippen molar-refractivity contribution >= 4 is 6.29 Å². The van der Waals surface area contributed by atoms with Crippen LogP contribution in [-0.4, -0.2) is 29.0 Å². The Morgan fingerprint density at radius 2 is 1.71 bits per heavy atom. The highest BCUT2D eigenvalue weighted by Gasteiger charge is 2.42. The van der Waals surface area contributed by atoms with Crippen LogP contribution in [0.25, 0.3) is 0 Å². The Hall–Kier alpha value is -0.410. The zero-order valence-electron chi connectivity index (χ0n) is 9.67. The van der Waals surface area contributed by atoms with Crippen LogP contribution < -0.4 is 0 Å². The molecule has 3 heteroatoms. The molecule has 0 saturated carbocycles. The smallest absolute Gasteiger partial charge is 0.147 e. The Labute approximate surface area is 86.4 Å². The molecule has 1 rings (SSSR count). The van der Waals surface area contributed by atoms with Gasteiger partial charge in [0.25, 0.3) is 0 Å². The number of piperidine rings is 1. The summed E-state index contributed by atoms with van der Waals surface area (Å²) in [6, 6.07) is 0. The molecule has 0 atom stereocenters. The molecule has 1 heterocycles. The first-order valence-corrected chi connectivity index (χ1v) is 5.27. The first-order valence-electron chi connectivity index (χ1n) is 5.27. The van der Waals surface area contributed by atoms with E-state index < -0.39 is 0 Å². The van der Waals surface area contributed by atoms with E-state index in [2.05, 4.69) is 27.7 Å². The van der Waals surface area contributed by atoms with Gasteiger partial charge in [-0.3, -0.25) is 4.84 Å². The fourth-order valence-corrected chi connectivity index (χ4v) is 2.43. The number of aldehydes is 1. The number of carbonyl (C=O) groups is 1. The molecular weight excluding hydrogens is 178 g/mol. The van der Waals surface area contributed by atoms with Gasteiger partial charge in [-0.1, -0.05) is 0 Å². The predicted octanol–water partition coefficient (Wildman–Crippen LogP) is 2.16. The molecule has 0 aromatic heterocycles. The van der Waals surface area contributed by atoms with Crippen LogP contribution in [0.2, 0.25) is 0 Å². The summed E-state index contributed by atoms with van der Waals surface area (Å²) < 4.78 is 0. The van der Waals surface area contributed by atoms with E-state index in [1.165, 1.54) is 6.42 Å². The van der Waals surface area contributed by atoms with Crippen LogP contribution in [0.4, 0.5) is 0 Å². The lowest BCUT2D eigenvalue weighted by atomic mass is 9.82. The van der Waals surface area contributed by atoms with Gasteiger partial charge in [0.05, 0.1) is 0 Å². The van der Waals surface area contributed by atoms with Gasteiger partial charge < -0.3 is 4.79 Å². The molecule has 0 aromatic carbocycles. The van der Waals surface area contributed by atoms with Crippen molar-refractivity contribution in [2.45, 2.75) is 58.0 Å². The summed E-state index contributed by atoms with van der Waals surface area (Å²) in [4.78, 5) is 15.8. The first kappa shape index (κ1) is 11.7. The Bertz CT molecular complexity index is 195. The van der Waals surface area contributed by atoms with Gasteiger partial charge in [-0.2, -0.15) is 5.06 Å². The summed E-state index contributed by atoms with van der Waals surface area (Å²) in [5, 5.41) is 2.00. The second kappa shape index (κ2) is 3.99. The molecule has 1 aliphatic rings. The van der Waals surface area contributed by atoms with Gasteiger partial charge in [0, 0.05) is 11.1 Å². The molecule has 1 fully saturated rings. The summed E-state index contributed by atoms with van der Waals surface area (Å²) in [6.07, 6.45) is 4.27. The topological polar surface area (TPSA) is 29.5 Å². The Morgan fingerprint density at radius 1 is 1.21 bits per heavy atom. The molecule has 0 unspecified atom stereocenters. The highest BCUT2D eigenvalue weighted by atomic mass is 16.7. The minimum Gasteiger partial charge on any atom is -0.301 e. The SMILES string of the molecule is CC1(C)CCCC(C)(C)N1OCC=O. The van der Waals surface area contributed by atoms with Crippen molar-refractivity contribution < 1.29 is 9.63 Å². The molecular formula is C11H21NO2. The molecule has 0 N–H and O–H groups in total. The number of hydrogen-bond donors (Lipinski definition) is 0. The van der Waals surface area contributed by atoms with E-state index >= 15 is 0 Å². The fourth-order valence-electron chi connectivity index (χ4n) is 2.43. The molecule has 82 valence electrons. The van der Waals surface area contributed by atoms with E-state index in [1.54, 1.807) is 0 Å². The molecule has 0 amide bonds. The van der Waals surface area contributed by atoms with Gasteiger partial charge in [-0.05, 0) is 47.0 Å². The molecule has 0 bridgehead atoms. The van der Waals surface area contributed by atoms with Crippen molar-refractivity contribution in [1.29, 1.82) is 0 Å². The maximum absolute atomic E-state index is 10.3. The van der Waals surface area contributed by atoms with Crippen molar-refractivity contribution in [2.24, 2.45) is 0 Å². The van der Waals surface area contributed by atoms with E-state index in [0.29, 0.717) is 0 Å². The molecule has 0 aromatic rings. The summed E-state index contributed by atoms with van der Waals surface area (Å²) in [5.41, 5.74) is 0.0650. The Morgan fingerprint density at radius 3 is 2.14 bits per heavy atom. The summed E-state index contributed by atoms with van der Waals surface area (Å²) in [6.45, 7) is 8.82. The molecule has 1 saturated heterocycles. The maximum atomic E-state index is 10.3. The molecule has 0 aliphatic carbocycles. The maximum Gasteiger partial charge on any atom is 0.147 e. The quantitative estimate of drug-likeness (QED) is 0.652. The van der Waals surface area contributed by atoms with Crippen LogP contribution in [0, 0.1) is 0 Å². The Kier molecular flexibility index (Phi) is 3.32. The van der Waals surface area contributed by atoms with Crippen LogP contribution >= 0.6 is 0 Å². The first-order chi connectivity index (χ1) is 6.40. The average molecular weight is 199 g/mol. The van der Waals surface area contributed by atoms with Crippen LogP contribution in [0.3, 0.4) is 0 Å². The van der Waals surface area contributed by atoms with Crippen molar-refractivity contribution in [1.82, 2.24) is 5.06 Å². The Balaban J connectivity index is 2.74. The van der Waals surface area contributed by atoms with Gasteiger partial charge >= 0.3 is 0 Å². The van der Waals surface area contributed by atoms with Crippen LogP contribution in [0.15, 0.2) is 0 Å². The van der Waals surface area contributed by atoms with Gasteiger partial charge in [-0.25, -0.2) is 0 Å². The van der Waals surface area contributed by atoms with Crippen LogP contribution in [0.5, 0.6) is 0 Å². The van der Waals surface area contributed by atoms with E-state index in [4.69, 9.17) is 4.84 Å². The van der Waals surface area contributed by atoms with Crippen molar-refractivity contribution in [3.05, 3.63) is 0 Å². The molecule has 14 heavy (non-hydrogen) atoms. The van der Waals surface area contributed by atoms with E-state index in [0.717, 1.165) is 19.1 Å². The normalized spacial score (nSPS) is 26.0. The van der Waals surface area contributed by atoms with Crippen LogP contribution in [-0.2, 0) is 9.63 Å². The minimum absolute atomic E-state index is 0.0325. The lowest BCUT2D eigenvalue weighted by molar-refractivity contribution is -0.274. The summed E-state index contributed by atoms with van der Waals surface area (Å²) >= 11 is 0. The minimum atomic E-state index is 0.0325. The zero-order chi connectivity index (χ0) is 10.8. The second-order valence-electron chi connectivity index (χ2n) is 5.24. The fraction of sp³-hybridized carbons (Fsp3) is 0.909. The van der Waals surface area contributed by atoms with Gasteiger partial charge in [-0.15, -0.1) is 0 Å². The second-order valence-corrected chi connectivity index (χ2v) is 5.24. The summed E-state index contributed by atoms with van der Waals surface area (Å²) in [7, 11) is 0. The molecule has 0 spiro atoms. The number of nitrogens with zero attached hydrogens (tertiary/aromatic N) is 1. The van der Waals surface area contributed by atoms with Crippen molar-refractivity contribution in [2.75, 3.05) is 6.61 Å². The molecule has 1 aliphatic heterocycles. The van der Waals surface area contributed by atoms with Gasteiger partial charge in [0.1, 0.15) is 12.9 Å². The van der Waals surface area contributed by atoms with E-state index in [-0.39, 0.29) is 17.7 Å². The van der Waals surface area contributed by atoms with Crippen LogP contribution in [0.1, 0.15) is 47.0 Å². The highest BCUT2D eigenvalue weighted by Crippen LogP contribution is 2.37. The molecule has 3 nitrogen and oxygen atoms in total. The lowest BCUT2D eigenvalue weighted by Gasteiger charge is -2.51. The van der Waals surface area contributed by atoms with Crippen molar-refractivity contribution in [3.63, 3.8) is 0 Å². The highest BCUT2D eigenvalue weighted by molar-refractivity contribution is 5.50. The number of hydrogen-bond acceptors (Lipinski definition) is 3.